The van der Waals surface area contributed by atoms with Crippen LogP contribution in [0.3, 0.4) is 0 Å². The van der Waals surface area contributed by atoms with Crippen LogP contribution < -0.4 is 0 Å². The first-order valence-electron chi connectivity index (χ1n) is 5.14. The smallest absolute Gasteiger partial charge is 0.0959 e. The lowest BCUT2D eigenvalue weighted by Crippen LogP contribution is -2.34. The van der Waals surface area contributed by atoms with Gasteiger partial charge in [-0.2, -0.15) is 0 Å². The fourth-order valence-corrected chi connectivity index (χ4v) is 2.39. The third-order valence-electron chi connectivity index (χ3n) is 3.17. The summed E-state index contributed by atoms with van der Waals surface area (Å²) in [5.74, 6) is 0.806. The first kappa shape index (κ1) is 9.94. The van der Waals surface area contributed by atoms with Crippen LogP contribution in [-0.2, 0) is 9.47 Å². The lowest BCUT2D eigenvalue weighted by atomic mass is 9.81. The summed E-state index contributed by atoms with van der Waals surface area (Å²) >= 11 is 3.57. The van der Waals surface area contributed by atoms with Gasteiger partial charge >= 0.3 is 0 Å². The van der Waals surface area contributed by atoms with Gasteiger partial charge in [0.2, 0.25) is 0 Å². The molecule has 0 radical (unpaired) electrons. The highest BCUT2D eigenvalue weighted by Crippen LogP contribution is 2.32. The van der Waals surface area contributed by atoms with E-state index in [0.29, 0.717) is 10.9 Å². The van der Waals surface area contributed by atoms with Crippen molar-refractivity contribution >= 4 is 15.9 Å². The maximum atomic E-state index is 5.96. The molecule has 3 heteroatoms. The molecule has 13 heavy (non-hydrogen) atoms. The molecule has 1 aliphatic heterocycles. The van der Waals surface area contributed by atoms with Gasteiger partial charge in [-0.1, -0.05) is 22.4 Å². The second-order valence-electron chi connectivity index (χ2n) is 4.12. The summed E-state index contributed by atoms with van der Waals surface area (Å²) in [6, 6.07) is 0. The van der Waals surface area contributed by atoms with Crippen LogP contribution in [0.2, 0.25) is 0 Å². The molecule has 1 saturated heterocycles. The van der Waals surface area contributed by atoms with Crippen molar-refractivity contribution in [1.82, 2.24) is 0 Å². The Kier molecular flexibility index (Phi) is 3.27. The normalized spacial score (nSPS) is 37.4. The molecule has 0 spiro atoms. The van der Waals surface area contributed by atoms with E-state index in [1.807, 2.05) is 0 Å². The SMILES string of the molecule is CC(OC1COCC1Br)C1CCC1. The van der Waals surface area contributed by atoms with Gasteiger partial charge in [-0.05, 0) is 25.7 Å². The van der Waals surface area contributed by atoms with Gasteiger partial charge in [0.05, 0.1) is 30.2 Å². The van der Waals surface area contributed by atoms with Gasteiger partial charge in [-0.3, -0.25) is 0 Å². The van der Waals surface area contributed by atoms with Crippen molar-refractivity contribution in [3.05, 3.63) is 0 Å². The van der Waals surface area contributed by atoms with Gasteiger partial charge in [0.25, 0.3) is 0 Å². The minimum absolute atomic E-state index is 0.274. The molecule has 0 aromatic carbocycles. The van der Waals surface area contributed by atoms with E-state index in [1.54, 1.807) is 0 Å². The summed E-state index contributed by atoms with van der Waals surface area (Å²) in [6.45, 7) is 3.75. The van der Waals surface area contributed by atoms with Crippen molar-refractivity contribution in [1.29, 1.82) is 0 Å². The Morgan fingerprint density at radius 3 is 2.62 bits per heavy atom. The molecule has 0 aromatic rings. The highest BCUT2D eigenvalue weighted by atomic mass is 79.9. The van der Waals surface area contributed by atoms with Crippen LogP contribution in [0.5, 0.6) is 0 Å². The van der Waals surface area contributed by atoms with Crippen molar-refractivity contribution in [3.63, 3.8) is 0 Å². The standard InChI is InChI=1S/C10H17BrO2/c1-7(8-3-2-4-8)13-10-6-12-5-9(10)11/h7-10H,2-6H2,1H3. The Morgan fingerprint density at radius 1 is 1.38 bits per heavy atom. The average Bonchev–Trinajstić information content (AvgIpc) is 2.32. The van der Waals surface area contributed by atoms with Crippen molar-refractivity contribution in [2.24, 2.45) is 5.92 Å². The monoisotopic (exact) mass is 248 g/mol. The predicted octanol–water partition coefficient (Wildman–Crippen LogP) is 2.35. The molecule has 0 amide bonds. The highest BCUT2D eigenvalue weighted by Gasteiger charge is 2.32. The summed E-state index contributed by atoms with van der Waals surface area (Å²) in [4.78, 5) is 0.398. The molecular weight excluding hydrogens is 232 g/mol. The zero-order chi connectivity index (χ0) is 9.26. The third-order valence-corrected chi connectivity index (χ3v) is 4.02. The van der Waals surface area contributed by atoms with E-state index in [9.17, 15) is 0 Å². The molecule has 1 saturated carbocycles. The summed E-state index contributed by atoms with van der Waals surface area (Å²) in [6.07, 6.45) is 4.77. The van der Waals surface area contributed by atoms with E-state index in [1.165, 1.54) is 19.3 Å². The molecule has 3 unspecified atom stereocenters. The van der Waals surface area contributed by atoms with Gasteiger partial charge in [0.15, 0.2) is 0 Å². The molecule has 1 aliphatic carbocycles. The second kappa shape index (κ2) is 4.28. The number of halogens is 1. The van der Waals surface area contributed by atoms with Crippen molar-refractivity contribution in [2.45, 2.75) is 43.2 Å². The molecule has 2 aliphatic rings. The Labute approximate surface area is 88.1 Å². The Balaban J connectivity index is 1.75. The summed E-state index contributed by atoms with van der Waals surface area (Å²) in [7, 11) is 0. The first-order chi connectivity index (χ1) is 6.27. The summed E-state index contributed by atoms with van der Waals surface area (Å²) < 4.78 is 11.3. The van der Waals surface area contributed by atoms with Crippen LogP contribution in [0.25, 0.3) is 0 Å². The summed E-state index contributed by atoms with van der Waals surface area (Å²) in [5, 5.41) is 0. The van der Waals surface area contributed by atoms with Gasteiger partial charge in [-0.15, -0.1) is 0 Å². The zero-order valence-corrected chi connectivity index (χ0v) is 9.63. The molecule has 0 bridgehead atoms. The topological polar surface area (TPSA) is 18.5 Å². The first-order valence-corrected chi connectivity index (χ1v) is 6.06. The third kappa shape index (κ3) is 2.25. The molecule has 1 heterocycles. The van der Waals surface area contributed by atoms with Crippen molar-refractivity contribution in [2.75, 3.05) is 13.2 Å². The number of hydrogen-bond acceptors (Lipinski definition) is 2. The van der Waals surface area contributed by atoms with E-state index >= 15 is 0 Å². The zero-order valence-electron chi connectivity index (χ0n) is 8.04. The van der Waals surface area contributed by atoms with Crippen LogP contribution in [-0.4, -0.2) is 30.2 Å². The minimum Gasteiger partial charge on any atom is -0.377 e. The fourth-order valence-electron chi connectivity index (χ4n) is 1.93. The molecular formula is C10H17BrO2. The van der Waals surface area contributed by atoms with E-state index in [0.717, 1.165) is 19.1 Å². The van der Waals surface area contributed by atoms with E-state index in [-0.39, 0.29) is 6.10 Å². The van der Waals surface area contributed by atoms with Crippen molar-refractivity contribution < 1.29 is 9.47 Å². The maximum Gasteiger partial charge on any atom is 0.0959 e. The number of alkyl halides is 1. The molecule has 2 rings (SSSR count). The molecule has 2 nitrogen and oxygen atoms in total. The second-order valence-corrected chi connectivity index (χ2v) is 5.30. The Hall–Kier alpha value is 0.400. The van der Waals surface area contributed by atoms with Crippen LogP contribution in [0.4, 0.5) is 0 Å². The van der Waals surface area contributed by atoms with Gasteiger partial charge in [0, 0.05) is 0 Å². The van der Waals surface area contributed by atoms with Gasteiger partial charge in [-0.25, -0.2) is 0 Å². The van der Waals surface area contributed by atoms with E-state index in [4.69, 9.17) is 9.47 Å². The molecule has 2 fully saturated rings. The maximum absolute atomic E-state index is 5.96. The van der Waals surface area contributed by atoms with E-state index < -0.39 is 0 Å². The van der Waals surface area contributed by atoms with Gasteiger partial charge < -0.3 is 9.47 Å². The largest absolute Gasteiger partial charge is 0.377 e. The van der Waals surface area contributed by atoms with Crippen LogP contribution in [0, 0.1) is 5.92 Å². The van der Waals surface area contributed by atoms with Crippen LogP contribution >= 0.6 is 15.9 Å². The Bertz CT molecular complexity index is 170. The number of rotatable bonds is 3. The fraction of sp³-hybridized carbons (Fsp3) is 1.00. The predicted molar refractivity (Wildman–Crippen MR) is 55.2 cm³/mol. The van der Waals surface area contributed by atoms with Crippen LogP contribution in [0.15, 0.2) is 0 Å². The number of hydrogen-bond donors (Lipinski definition) is 0. The molecule has 0 N–H and O–H groups in total. The van der Waals surface area contributed by atoms with Crippen molar-refractivity contribution in [3.8, 4) is 0 Å². The molecule has 3 atom stereocenters. The van der Waals surface area contributed by atoms with Crippen LogP contribution in [0.1, 0.15) is 26.2 Å². The lowest BCUT2D eigenvalue weighted by molar-refractivity contribution is -0.0503. The summed E-state index contributed by atoms with van der Waals surface area (Å²) in [5.41, 5.74) is 0. The lowest BCUT2D eigenvalue weighted by Gasteiger charge is -2.33. The number of ether oxygens (including phenoxy) is 2. The molecule has 0 aromatic heterocycles. The molecule has 76 valence electrons. The van der Waals surface area contributed by atoms with Gasteiger partial charge in [0.1, 0.15) is 0 Å². The minimum atomic E-state index is 0.274. The Morgan fingerprint density at radius 2 is 2.15 bits per heavy atom. The quantitative estimate of drug-likeness (QED) is 0.715. The van der Waals surface area contributed by atoms with E-state index in [2.05, 4.69) is 22.9 Å². The average molecular weight is 249 g/mol. The highest BCUT2D eigenvalue weighted by molar-refractivity contribution is 9.09.